The van der Waals surface area contributed by atoms with E-state index in [0.29, 0.717) is 19.6 Å². The van der Waals surface area contributed by atoms with Crippen LogP contribution in [0.3, 0.4) is 0 Å². The first kappa shape index (κ1) is 20.2. The van der Waals surface area contributed by atoms with Crippen LogP contribution in [0.1, 0.15) is 36.6 Å². The van der Waals surface area contributed by atoms with Gasteiger partial charge >= 0.3 is 0 Å². The number of hydrogen-bond donors (Lipinski definition) is 0. The van der Waals surface area contributed by atoms with E-state index in [1.807, 2.05) is 41.3 Å². The molecule has 30 heavy (non-hydrogen) atoms. The van der Waals surface area contributed by atoms with E-state index in [0.717, 1.165) is 35.6 Å². The number of rotatable bonds is 6. The molecule has 0 N–H and O–H groups in total. The molecule has 2 atom stereocenters. The van der Waals surface area contributed by atoms with Crippen LogP contribution in [0.2, 0.25) is 0 Å². The summed E-state index contributed by atoms with van der Waals surface area (Å²) in [6.07, 6.45) is 3.77. The lowest BCUT2D eigenvalue weighted by molar-refractivity contribution is -0.136. The first-order valence-corrected chi connectivity index (χ1v) is 10.3. The number of methoxy groups -OCH3 is 2. The van der Waals surface area contributed by atoms with Crippen molar-refractivity contribution in [1.82, 2.24) is 14.8 Å². The van der Waals surface area contributed by atoms with Crippen LogP contribution < -0.4 is 9.47 Å². The second-order valence-corrected chi connectivity index (χ2v) is 7.79. The third-order valence-electron chi connectivity index (χ3n) is 5.97. The fourth-order valence-electron chi connectivity index (χ4n) is 4.47. The summed E-state index contributed by atoms with van der Waals surface area (Å²) < 4.78 is 10.9. The van der Waals surface area contributed by atoms with Crippen molar-refractivity contribution in [2.75, 3.05) is 27.3 Å². The van der Waals surface area contributed by atoms with E-state index >= 15 is 0 Å². The molecule has 2 saturated heterocycles. The average molecular weight is 409 g/mol. The minimum Gasteiger partial charge on any atom is -0.497 e. The molecule has 1 aromatic heterocycles. The van der Waals surface area contributed by atoms with Gasteiger partial charge in [-0.3, -0.25) is 14.6 Å². The highest BCUT2D eigenvalue weighted by Crippen LogP contribution is 2.40. The number of nitrogens with zero attached hydrogens (tertiary/aromatic N) is 3. The quantitative estimate of drug-likeness (QED) is 0.734. The van der Waals surface area contributed by atoms with E-state index in [2.05, 4.69) is 4.98 Å². The Labute approximate surface area is 176 Å². The predicted octanol–water partition coefficient (Wildman–Crippen LogP) is 2.81. The van der Waals surface area contributed by atoms with Crippen LogP contribution in [0.4, 0.5) is 0 Å². The fourth-order valence-corrected chi connectivity index (χ4v) is 4.47. The van der Waals surface area contributed by atoms with Crippen LogP contribution in [-0.4, -0.2) is 53.9 Å². The Morgan fingerprint density at radius 3 is 2.80 bits per heavy atom. The third-order valence-corrected chi connectivity index (χ3v) is 5.97. The van der Waals surface area contributed by atoms with Crippen molar-refractivity contribution in [3.63, 3.8) is 0 Å². The first-order chi connectivity index (χ1) is 14.6. The number of pyridine rings is 1. The van der Waals surface area contributed by atoms with E-state index in [4.69, 9.17) is 9.47 Å². The van der Waals surface area contributed by atoms with Crippen molar-refractivity contribution in [2.45, 2.75) is 31.8 Å². The van der Waals surface area contributed by atoms with Crippen molar-refractivity contribution in [2.24, 2.45) is 5.92 Å². The molecule has 0 unspecified atom stereocenters. The minimum atomic E-state index is -0.321. The summed E-state index contributed by atoms with van der Waals surface area (Å²) in [5.41, 5.74) is 1.79. The second-order valence-electron chi connectivity index (χ2n) is 7.79. The van der Waals surface area contributed by atoms with E-state index in [1.165, 1.54) is 0 Å². The Hall–Kier alpha value is -3.09. The SMILES string of the molecule is COc1ccc(OC)c([C@@H]2CCCN2C(=O)[C@H]2CC(=O)N(Cc3ccccn3)C2)c1. The predicted molar refractivity (Wildman–Crippen MR) is 111 cm³/mol. The van der Waals surface area contributed by atoms with Gasteiger partial charge in [0.05, 0.1) is 38.4 Å². The monoisotopic (exact) mass is 409 g/mol. The van der Waals surface area contributed by atoms with Crippen LogP contribution in [0, 0.1) is 5.92 Å². The average Bonchev–Trinajstić information content (AvgIpc) is 3.40. The summed E-state index contributed by atoms with van der Waals surface area (Å²) in [6.45, 7) is 1.57. The number of hydrogen-bond acceptors (Lipinski definition) is 5. The summed E-state index contributed by atoms with van der Waals surface area (Å²) in [5.74, 6) is 1.22. The minimum absolute atomic E-state index is 0.00807. The molecular weight excluding hydrogens is 382 g/mol. The van der Waals surface area contributed by atoms with Gasteiger partial charge in [-0.2, -0.15) is 0 Å². The lowest BCUT2D eigenvalue weighted by Gasteiger charge is -2.29. The maximum absolute atomic E-state index is 13.4. The normalized spacial score (nSPS) is 21.2. The smallest absolute Gasteiger partial charge is 0.228 e. The highest BCUT2D eigenvalue weighted by molar-refractivity contribution is 5.89. The second kappa shape index (κ2) is 8.73. The summed E-state index contributed by atoms with van der Waals surface area (Å²) in [5, 5.41) is 0. The number of carbonyl (C=O) groups excluding carboxylic acids is 2. The van der Waals surface area contributed by atoms with Gasteiger partial charge in [0.2, 0.25) is 11.8 Å². The Balaban J connectivity index is 1.50. The maximum Gasteiger partial charge on any atom is 0.228 e. The first-order valence-electron chi connectivity index (χ1n) is 10.3. The number of benzene rings is 1. The Bertz CT molecular complexity index is 918. The van der Waals surface area contributed by atoms with Crippen LogP contribution in [-0.2, 0) is 16.1 Å². The topological polar surface area (TPSA) is 72.0 Å². The molecule has 4 rings (SSSR count). The van der Waals surface area contributed by atoms with E-state index < -0.39 is 0 Å². The molecule has 2 aliphatic heterocycles. The molecule has 3 heterocycles. The van der Waals surface area contributed by atoms with Gasteiger partial charge in [-0.05, 0) is 43.2 Å². The lowest BCUT2D eigenvalue weighted by atomic mass is 10.0. The molecule has 2 fully saturated rings. The van der Waals surface area contributed by atoms with Crippen molar-refractivity contribution >= 4 is 11.8 Å². The molecule has 158 valence electrons. The van der Waals surface area contributed by atoms with E-state index in [1.54, 1.807) is 25.3 Å². The summed E-state index contributed by atoms with van der Waals surface area (Å²) in [6, 6.07) is 11.3. The molecular formula is C23H27N3O4. The van der Waals surface area contributed by atoms with Crippen molar-refractivity contribution < 1.29 is 19.1 Å². The molecule has 1 aromatic carbocycles. The standard InChI is InChI=1S/C23H27N3O4/c1-29-18-8-9-21(30-2)19(13-18)20-7-5-11-26(20)23(28)16-12-22(27)25(14-16)15-17-6-3-4-10-24-17/h3-4,6,8-10,13,16,20H,5,7,11-12,14-15H2,1-2H3/t16-,20-/m0/s1. The van der Waals surface area contributed by atoms with Crippen molar-refractivity contribution in [1.29, 1.82) is 0 Å². The van der Waals surface area contributed by atoms with Crippen LogP contribution >= 0.6 is 0 Å². The Morgan fingerprint density at radius 1 is 1.20 bits per heavy atom. The number of carbonyl (C=O) groups is 2. The number of likely N-dealkylation sites (tertiary alicyclic amines) is 2. The van der Waals surface area contributed by atoms with E-state index in [-0.39, 0.29) is 30.2 Å². The summed E-state index contributed by atoms with van der Waals surface area (Å²) in [4.78, 5) is 33.9. The summed E-state index contributed by atoms with van der Waals surface area (Å²) >= 11 is 0. The zero-order chi connectivity index (χ0) is 21.1. The van der Waals surface area contributed by atoms with Gasteiger partial charge in [0.1, 0.15) is 11.5 Å². The molecule has 2 aliphatic rings. The summed E-state index contributed by atoms with van der Waals surface area (Å²) in [7, 11) is 3.26. The third kappa shape index (κ3) is 3.97. The molecule has 2 aromatic rings. The van der Waals surface area contributed by atoms with Gasteiger partial charge in [0, 0.05) is 31.3 Å². The highest BCUT2D eigenvalue weighted by atomic mass is 16.5. The molecule has 2 amide bonds. The van der Waals surface area contributed by atoms with Crippen LogP contribution in [0.5, 0.6) is 11.5 Å². The lowest BCUT2D eigenvalue weighted by Crippen LogP contribution is -2.37. The van der Waals surface area contributed by atoms with Gasteiger partial charge in [-0.15, -0.1) is 0 Å². The van der Waals surface area contributed by atoms with Gasteiger partial charge in [0.15, 0.2) is 0 Å². The Morgan fingerprint density at radius 2 is 2.07 bits per heavy atom. The zero-order valence-corrected chi connectivity index (χ0v) is 17.4. The number of amides is 2. The molecule has 0 bridgehead atoms. The van der Waals surface area contributed by atoms with Crippen LogP contribution in [0.15, 0.2) is 42.6 Å². The Kier molecular flexibility index (Phi) is 5.88. The molecule has 7 nitrogen and oxygen atoms in total. The van der Waals surface area contributed by atoms with Gasteiger partial charge in [0.25, 0.3) is 0 Å². The number of ether oxygens (including phenoxy) is 2. The van der Waals surface area contributed by atoms with Crippen molar-refractivity contribution in [3.8, 4) is 11.5 Å². The number of aromatic nitrogens is 1. The van der Waals surface area contributed by atoms with Gasteiger partial charge in [-0.25, -0.2) is 0 Å². The van der Waals surface area contributed by atoms with Gasteiger partial charge < -0.3 is 19.3 Å². The van der Waals surface area contributed by atoms with Gasteiger partial charge in [-0.1, -0.05) is 6.07 Å². The fraction of sp³-hybridized carbons (Fsp3) is 0.435. The van der Waals surface area contributed by atoms with E-state index in [9.17, 15) is 9.59 Å². The molecule has 0 saturated carbocycles. The molecule has 0 radical (unpaired) electrons. The maximum atomic E-state index is 13.4. The highest BCUT2D eigenvalue weighted by Gasteiger charge is 2.40. The van der Waals surface area contributed by atoms with Crippen LogP contribution in [0.25, 0.3) is 0 Å². The van der Waals surface area contributed by atoms with Crippen molar-refractivity contribution in [3.05, 3.63) is 53.9 Å². The molecule has 7 heteroatoms. The zero-order valence-electron chi connectivity index (χ0n) is 17.4. The largest absolute Gasteiger partial charge is 0.497 e. The molecule has 0 aliphatic carbocycles. The molecule has 0 spiro atoms.